The van der Waals surface area contributed by atoms with E-state index in [4.69, 9.17) is 0 Å². The molecule has 0 aromatic rings. The lowest BCUT2D eigenvalue weighted by Gasteiger charge is -2.22. The van der Waals surface area contributed by atoms with E-state index in [0.717, 1.165) is 24.4 Å². The molecule has 1 unspecified atom stereocenters. The zero-order valence-electron chi connectivity index (χ0n) is 8.69. The Labute approximate surface area is 89.0 Å². The molecule has 1 aliphatic rings. The molecule has 0 radical (unpaired) electrons. The smallest absolute Gasteiger partial charge is 0.421 e. The zero-order chi connectivity index (χ0) is 11.5. The Bertz CT molecular complexity index is 323. The van der Waals surface area contributed by atoms with Gasteiger partial charge in [0, 0.05) is 19.6 Å². The van der Waals surface area contributed by atoms with Gasteiger partial charge in [0.1, 0.15) is 0 Å². The molecule has 1 heterocycles. The van der Waals surface area contributed by atoms with Gasteiger partial charge in [-0.05, 0) is 13.0 Å². The van der Waals surface area contributed by atoms with Crippen molar-refractivity contribution in [3.05, 3.63) is 0 Å². The van der Waals surface area contributed by atoms with Crippen LogP contribution in [0.5, 0.6) is 0 Å². The van der Waals surface area contributed by atoms with Gasteiger partial charge >= 0.3 is 16.3 Å². The SMILES string of the molecule is COC(=O)NS(=O)(=O)N(C)C1CCNC1. The molecular formula is C7H15N3O4S. The van der Waals surface area contributed by atoms with E-state index >= 15 is 0 Å². The highest BCUT2D eigenvalue weighted by Gasteiger charge is 2.29. The molecule has 0 bridgehead atoms. The van der Waals surface area contributed by atoms with Crippen molar-refractivity contribution >= 4 is 16.3 Å². The molecule has 0 aromatic heterocycles. The van der Waals surface area contributed by atoms with Crippen LogP contribution in [0, 0.1) is 0 Å². The quantitative estimate of drug-likeness (QED) is 0.649. The molecule has 1 saturated heterocycles. The summed E-state index contributed by atoms with van der Waals surface area (Å²) in [6, 6.07) is -0.118. The summed E-state index contributed by atoms with van der Waals surface area (Å²) in [5, 5.41) is 3.04. The lowest BCUT2D eigenvalue weighted by Crippen LogP contribution is -2.46. The average Bonchev–Trinajstić information content (AvgIpc) is 2.68. The van der Waals surface area contributed by atoms with Crippen molar-refractivity contribution in [2.24, 2.45) is 0 Å². The van der Waals surface area contributed by atoms with Crippen molar-refractivity contribution in [2.75, 3.05) is 27.2 Å². The Morgan fingerprint density at radius 2 is 2.27 bits per heavy atom. The topological polar surface area (TPSA) is 87.7 Å². The van der Waals surface area contributed by atoms with Crippen molar-refractivity contribution in [2.45, 2.75) is 12.5 Å². The molecule has 0 aliphatic carbocycles. The summed E-state index contributed by atoms with van der Waals surface area (Å²) in [7, 11) is -1.24. The first-order valence-electron chi connectivity index (χ1n) is 4.52. The monoisotopic (exact) mass is 237 g/mol. The van der Waals surface area contributed by atoms with Gasteiger partial charge in [0.05, 0.1) is 7.11 Å². The summed E-state index contributed by atoms with van der Waals surface area (Å²) in [5.41, 5.74) is 0. The zero-order valence-corrected chi connectivity index (χ0v) is 9.50. The molecule has 8 heteroatoms. The van der Waals surface area contributed by atoms with Crippen molar-refractivity contribution in [3.8, 4) is 0 Å². The fraction of sp³-hybridized carbons (Fsp3) is 0.857. The molecule has 0 aromatic carbocycles. The second kappa shape index (κ2) is 4.77. The van der Waals surface area contributed by atoms with E-state index in [1.807, 2.05) is 0 Å². The van der Waals surface area contributed by atoms with Gasteiger partial charge in [-0.3, -0.25) is 0 Å². The maximum Gasteiger partial charge on any atom is 0.421 e. The fourth-order valence-corrected chi connectivity index (χ4v) is 2.38. The van der Waals surface area contributed by atoms with Crippen molar-refractivity contribution in [3.63, 3.8) is 0 Å². The largest absolute Gasteiger partial charge is 0.452 e. The number of nitrogens with one attached hydrogen (secondary N) is 2. The summed E-state index contributed by atoms with van der Waals surface area (Å²) >= 11 is 0. The van der Waals surface area contributed by atoms with E-state index in [2.05, 4.69) is 10.1 Å². The van der Waals surface area contributed by atoms with Gasteiger partial charge in [-0.1, -0.05) is 0 Å². The van der Waals surface area contributed by atoms with Crippen LogP contribution in [0.2, 0.25) is 0 Å². The van der Waals surface area contributed by atoms with Crippen LogP contribution in [-0.4, -0.2) is 52.1 Å². The minimum atomic E-state index is -3.79. The van der Waals surface area contributed by atoms with Crippen molar-refractivity contribution in [1.29, 1.82) is 0 Å². The summed E-state index contributed by atoms with van der Waals surface area (Å²) < 4.78 is 30.3. The lowest BCUT2D eigenvalue weighted by atomic mass is 10.3. The van der Waals surface area contributed by atoms with Gasteiger partial charge in [0.15, 0.2) is 0 Å². The predicted molar refractivity (Wildman–Crippen MR) is 53.5 cm³/mol. The number of hydrogen-bond acceptors (Lipinski definition) is 5. The molecular weight excluding hydrogens is 222 g/mol. The maximum atomic E-state index is 11.6. The van der Waals surface area contributed by atoms with Gasteiger partial charge < -0.3 is 10.1 Å². The summed E-state index contributed by atoms with van der Waals surface area (Å²) in [4.78, 5) is 10.8. The van der Waals surface area contributed by atoms with Crippen LogP contribution in [0.15, 0.2) is 0 Å². The molecule has 2 N–H and O–H groups in total. The van der Waals surface area contributed by atoms with E-state index in [1.54, 1.807) is 4.72 Å². The number of rotatable bonds is 3. The standard InChI is InChI=1S/C7H15N3O4S/c1-10(6-3-4-8-5-6)15(12,13)9-7(11)14-2/h6,8H,3-5H2,1-2H3,(H,9,11). The number of methoxy groups -OCH3 is 1. The second-order valence-corrected chi connectivity index (χ2v) is 4.99. The van der Waals surface area contributed by atoms with Crippen LogP contribution in [0.25, 0.3) is 0 Å². The number of likely N-dealkylation sites (N-methyl/N-ethyl adjacent to an activating group) is 1. The molecule has 7 nitrogen and oxygen atoms in total. The molecule has 0 saturated carbocycles. The molecule has 88 valence electrons. The van der Waals surface area contributed by atoms with Crippen LogP contribution in [0.1, 0.15) is 6.42 Å². The molecule has 1 atom stereocenters. The first kappa shape index (κ1) is 12.2. The Balaban J connectivity index is 2.63. The van der Waals surface area contributed by atoms with Crippen LogP contribution in [0.3, 0.4) is 0 Å². The Morgan fingerprint density at radius 3 is 2.73 bits per heavy atom. The third-order valence-electron chi connectivity index (χ3n) is 2.33. The summed E-state index contributed by atoms with van der Waals surface area (Å²) in [6.45, 7) is 1.38. The number of amides is 1. The van der Waals surface area contributed by atoms with Gasteiger partial charge in [-0.25, -0.2) is 9.52 Å². The minimum absolute atomic E-state index is 0.118. The van der Waals surface area contributed by atoms with Gasteiger partial charge in [0.25, 0.3) is 0 Å². The molecule has 1 amide bonds. The van der Waals surface area contributed by atoms with Gasteiger partial charge in [-0.15, -0.1) is 0 Å². The first-order valence-corrected chi connectivity index (χ1v) is 5.96. The van der Waals surface area contributed by atoms with Gasteiger partial charge in [-0.2, -0.15) is 12.7 Å². The highest BCUT2D eigenvalue weighted by Crippen LogP contribution is 2.09. The Hall–Kier alpha value is -0.860. The van der Waals surface area contributed by atoms with Crippen LogP contribution >= 0.6 is 0 Å². The normalized spacial score (nSPS) is 21.7. The molecule has 1 aliphatic heterocycles. The highest BCUT2D eigenvalue weighted by atomic mass is 32.2. The third-order valence-corrected chi connectivity index (χ3v) is 3.81. The number of carbonyl (C=O) groups is 1. The van der Waals surface area contributed by atoms with E-state index < -0.39 is 16.3 Å². The molecule has 15 heavy (non-hydrogen) atoms. The number of ether oxygens (including phenoxy) is 1. The van der Waals surface area contributed by atoms with Crippen LogP contribution in [-0.2, 0) is 14.9 Å². The highest BCUT2D eigenvalue weighted by molar-refractivity contribution is 7.87. The Morgan fingerprint density at radius 1 is 1.60 bits per heavy atom. The number of hydrogen-bond donors (Lipinski definition) is 2. The lowest BCUT2D eigenvalue weighted by molar-refractivity contribution is 0.177. The number of carbonyl (C=O) groups excluding carboxylic acids is 1. The van der Waals surface area contributed by atoms with Crippen LogP contribution < -0.4 is 10.0 Å². The second-order valence-electron chi connectivity index (χ2n) is 3.26. The fourth-order valence-electron chi connectivity index (χ4n) is 1.36. The van der Waals surface area contributed by atoms with E-state index in [-0.39, 0.29) is 6.04 Å². The van der Waals surface area contributed by atoms with E-state index in [1.165, 1.54) is 7.05 Å². The molecule has 1 fully saturated rings. The minimum Gasteiger partial charge on any atom is -0.452 e. The summed E-state index contributed by atoms with van der Waals surface area (Å²) in [5.74, 6) is 0. The van der Waals surface area contributed by atoms with E-state index in [0.29, 0.717) is 6.54 Å². The Kier molecular flexibility index (Phi) is 3.89. The first-order chi connectivity index (χ1) is 6.97. The van der Waals surface area contributed by atoms with Crippen molar-refractivity contribution in [1.82, 2.24) is 14.3 Å². The summed E-state index contributed by atoms with van der Waals surface area (Å²) in [6.07, 6.45) is -0.244. The molecule has 1 rings (SSSR count). The van der Waals surface area contributed by atoms with Gasteiger partial charge in [0.2, 0.25) is 0 Å². The van der Waals surface area contributed by atoms with Crippen molar-refractivity contribution < 1.29 is 17.9 Å². The average molecular weight is 237 g/mol. The maximum absolute atomic E-state index is 11.6. The van der Waals surface area contributed by atoms with Crippen LogP contribution in [0.4, 0.5) is 4.79 Å². The molecule has 0 spiro atoms. The van der Waals surface area contributed by atoms with E-state index in [9.17, 15) is 13.2 Å². The number of nitrogens with zero attached hydrogens (tertiary/aromatic N) is 1. The predicted octanol–water partition coefficient (Wildman–Crippen LogP) is -1.12. The third kappa shape index (κ3) is 3.05.